The molecule has 2 unspecified atom stereocenters. The molecule has 5 heteroatoms. The highest BCUT2D eigenvalue weighted by atomic mass is 16.6. The van der Waals surface area contributed by atoms with Crippen molar-refractivity contribution in [2.24, 2.45) is 0 Å². The molecule has 1 aliphatic heterocycles. The first-order valence-corrected chi connectivity index (χ1v) is 5.69. The van der Waals surface area contributed by atoms with Crippen molar-refractivity contribution in [2.75, 3.05) is 26.4 Å². The molecule has 15 heavy (non-hydrogen) atoms. The summed E-state index contributed by atoms with van der Waals surface area (Å²) in [7, 11) is 1.97. The Hall–Kier alpha value is -0.0951. The zero-order valence-electron chi connectivity index (χ0n) is 9.81. The van der Waals surface area contributed by atoms with E-state index in [1.807, 2.05) is 21.7 Å². The van der Waals surface area contributed by atoms with Crippen molar-refractivity contribution >= 4 is 7.85 Å². The van der Waals surface area contributed by atoms with Gasteiger partial charge in [0.05, 0.1) is 12.7 Å². The molecule has 1 rings (SSSR count). The number of aliphatic hydroxyl groups excluding tert-OH is 1. The summed E-state index contributed by atoms with van der Waals surface area (Å²) in [6.07, 6.45) is -0.856. The molecule has 0 aromatic carbocycles. The normalized spacial score (nSPS) is 36.7. The largest absolute Gasteiger partial charge is 0.391 e. The predicted molar refractivity (Wildman–Crippen MR) is 59.9 cm³/mol. The van der Waals surface area contributed by atoms with Gasteiger partial charge in [-0.3, -0.25) is 0 Å². The van der Waals surface area contributed by atoms with Crippen LogP contribution in [0.4, 0.5) is 0 Å². The Labute approximate surface area is 92.3 Å². The highest BCUT2D eigenvalue weighted by Crippen LogP contribution is 2.24. The van der Waals surface area contributed by atoms with Gasteiger partial charge in [-0.15, -0.1) is 0 Å². The molecule has 0 aromatic rings. The second kappa shape index (κ2) is 6.48. The van der Waals surface area contributed by atoms with Crippen molar-refractivity contribution in [3.8, 4) is 0 Å². The third-order valence-corrected chi connectivity index (χ3v) is 2.70. The van der Waals surface area contributed by atoms with Gasteiger partial charge in [0.2, 0.25) is 0 Å². The van der Waals surface area contributed by atoms with E-state index in [-0.39, 0.29) is 18.0 Å². The maximum Gasteiger partial charge on any atom is 0.111 e. The van der Waals surface area contributed by atoms with Crippen molar-refractivity contribution in [3.05, 3.63) is 0 Å². The fourth-order valence-electron chi connectivity index (χ4n) is 1.79. The van der Waals surface area contributed by atoms with Crippen LogP contribution in [-0.2, 0) is 14.2 Å². The van der Waals surface area contributed by atoms with Crippen LogP contribution in [0.5, 0.6) is 0 Å². The Morgan fingerprint density at radius 1 is 1.40 bits per heavy atom. The SMILES string of the molecule is B[C@@H]1CO[C@H](COCC)C(OCC)C1O. The summed E-state index contributed by atoms with van der Waals surface area (Å²) in [4.78, 5) is 0. The van der Waals surface area contributed by atoms with Gasteiger partial charge >= 0.3 is 0 Å². The molecule has 0 radical (unpaired) electrons. The van der Waals surface area contributed by atoms with Crippen molar-refractivity contribution in [1.82, 2.24) is 0 Å². The van der Waals surface area contributed by atoms with Crippen LogP contribution in [0.1, 0.15) is 13.8 Å². The molecule has 1 fully saturated rings. The molecule has 0 amide bonds. The maximum absolute atomic E-state index is 9.98. The highest BCUT2D eigenvalue weighted by molar-refractivity contribution is 6.12. The minimum absolute atomic E-state index is 0.124. The fraction of sp³-hybridized carbons (Fsp3) is 1.00. The van der Waals surface area contributed by atoms with Gasteiger partial charge in [0.15, 0.2) is 0 Å². The van der Waals surface area contributed by atoms with Crippen molar-refractivity contribution < 1.29 is 19.3 Å². The molecule has 1 saturated heterocycles. The van der Waals surface area contributed by atoms with Crippen LogP contribution in [0.25, 0.3) is 0 Å². The van der Waals surface area contributed by atoms with Gasteiger partial charge in [-0.1, -0.05) is 0 Å². The molecular weight excluding hydrogens is 195 g/mol. The topological polar surface area (TPSA) is 47.9 Å². The highest BCUT2D eigenvalue weighted by Gasteiger charge is 2.37. The Bertz CT molecular complexity index is 177. The van der Waals surface area contributed by atoms with Crippen molar-refractivity contribution in [3.63, 3.8) is 0 Å². The summed E-state index contributed by atoms with van der Waals surface area (Å²) in [5.74, 6) is 0.124. The Morgan fingerprint density at radius 2 is 2.13 bits per heavy atom. The Balaban J connectivity index is 2.51. The molecule has 88 valence electrons. The molecule has 4 nitrogen and oxygen atoms in total. The van der Waals surface area contributed by atoms with Crippen LogP contribution < -0.4 is 0 Å². The first-order chi connectivity index (χ1) is 7.20. The molecule has 0 bridgehead atoms. The lowest BCUT2D eigenvalue weighted by molar-refractivity contribution is -0.173. The standard InChI is InChI=1S/C10H21BO4/c1-3-13-6-8-10(14-4-2)9(12)7(11)5-15-8/h7-10,12H,3-6,11H2,1-2H3/t7-,8-,9?,10?/m1/s1. The van der Waals surface area contributed by atoms with E-state index in [4.69, 9.17) is 14.2 Å². The van der Waals surface area contributed by atoms with E-state index in [1.54, 1.807) is 0 Å². The second-order valence-electron chi connectivity index (χ2n) is 3.92. The van der Waals surface area contributed by atoms with Crippen LogP contribution in [0, 0.1) is 0 Å². The Morgan fingerprint density at radius 3 is 2.73 bits per heavy atom. The van der Waals surface area contributed by atoms with E-state index >= 15 is 0 Å². The van der Waals surface area contributed by atoms with Crippen molar-refractivity contribution in [2.45, 2.75) is 38.0 Å². The third kappa shape index (κ3) is 3.45. The average Bonchev–Trinajstić information content (AvgIpc) is 2.24. The van der Waals surface area contributed by atoms with Crippen LogP contribution >= 0.6 is 0 Å². The summed E-state index contributed by atoms with van der Waals surface area (Å²) in [5, 5.41) is 9.98. The molecular formula is C10H21BO4. The van der Waals surface area contributed by atoms with Gasteiger partial charge in [0.1, 0.15) is 20.1 Å². The predicted octanol–water partition coefficient (Wildman–Crippen LogP) is -0.391. The number of hydrogen-bond acceptors (Lipinski definition) is 4. The fourth-order valence-corrected chi connectivity index (χ4v) is 1.79. The van der Waals surface area contributed by atoms with Gasteiger partial charge in [0, 0.05) is 19.8 Å². The summed E-state index contributed by atoms with van der Waals surface area (Å²) < 4.78 is 16.5. The van der Waals surface area contributed by atoms with E-state index in [9.17, 15) is 5.11 Å². The second-order valence-corrected chi connectivity index (χ2v) is 3.92. The summed E-state index contributed by atoms with van der Waals surface area (Å²) in [6, 6.07) is 0. The zero-order valence-corrected chi connectivity index (χ0v) is 9.81. The molecule has 0 aliphatic carbocycles. The van der Waals surface area contributed by atoms with Gasteiger partial charge in [0.25, 0.3) is 0 Å². The molecule has 0 spiro atoms. The number of rotatable bonds is 5. The smallest absolute Gasteiger partial charge is 0.111 e. The van der Waals surface area contributed by atoms with Crippen LogP contribution in [0.2, 0.25) is 5.82 Å². The van der Waals surface area contributed by atoms with E-state index in [0.29, 0.717) is 26.4 Å². The first kappa shape index (κ1) is 13.0. The molecule has 0 aromatic heterocycles. The third-order valence-electron chi connectivity index (χ3n) is 2.70. The summed E-state index contributed by atoms with van der Waals surface area (Å²) in [6.45, 7) is 6.17. The van der Waals surface area contributed by atoms with E-state index in [2.05, 4.69) is 0 Å². The number of aliphatic hydroxyl groups is 1. The molecule has 1 aliphatic rings. The van der Waals surface area contributed by atoms with Gasteiger partial charge in [-0.2, -0.15) is 0 Å². The summed E-state index contributed by atoms with van der Waals surface area (Å²) in [5.41, 5.74) is 0. The zero-order chi connectivity index (χ0) is 11.3. The van der Waals surface area contributed by atoms with Crippen LogP contribution in [0.3, 0.4) is 0 Å². The quantitative estimate of drug-likeness (QED) is 0.636. The minimum atomic E-state index is -0.454. The lowest BCUT2D eigenvalue weighted by atomic mass is 9.78. The number of hydrogen-bond donors (Lipinski definition) is 1. The lowest BCUT2D eigenvalue weighted by Gasteiger charge is -2.38. The first-order valence-electron chi connectivity index (χ1n) is 5.69. The molecule has 1 heterocycles. The van der Waals surface area contributed by atoms with Crippen LogP contribution in [-0.4, -0.2) is 57.7 Å². The van der Waals surface area contributed by atoms with E-state index in [1.165, 1.54) is 0 Å². The lowest BCUT2D eigenvalue weighted by Crippen LogP contribution is -2.51. The van der Waals surface area contributed by atoms with Crippen molar-refractivity contribution in [1.29, 1.82) is 0 Å². The van der Waals surface area contributed by atoms with E-state index < -0.39 is 6.10 Å². The minimum Gasteiger partial charge on any atom is -0.391 e. The molecule has 4 atom stereocenters. The maximum atomic E-state index is 9.98. The van der Waals surface area contributed by atoms with Gasteiger partial charge in [-0.05, 0) is 19.7 Å². The molecule has 0 saturated carbocycles. The number of ether oxygens (including phenoxy) is 3. The molecule has 1 N–H and O–H groups in total. The Kier molecular flexibility index (Phi) is 5.60. The average molecular weight is 216 g/mol. The van der Waals surface area contributed by atoms with Gasteiger partial charge < -0.3 is 19.3 Å². The summed E-state index contributed by atoms with van der Waals surface area (Å²) >= 11 is 0. The monoisotopic (exact) mass is 216 g/mol. The van der Waals surface area contributed by atoms with E-state index in [0.717, 1.165) is 0 Å². The van der Waals surface area contributed by atoms with Crippen LogP contribution in [0.15, 0.2) is 0 Å². The van der Waals surface area contributed by atoms with Gasteiger partial charge in [-0.25, -0.2) is 0 Å².